The summed E-state index contributed by atoms with van der Waals surface area (Å²) in [7, 11) is -6.29. The van der Waals surface area contributed by atoms with Crippen LogP contribution in [0.25, 0.3) is 0 Å². The van der Waals surface area contributed by atoms with Gasteiger partial charge in [-0.2, -0.15) is 0 Å². The van der Waals surface area contributed by atoms with E-state index in [-0.39, 0.29) is 41.3 Å². The van der Waals surface area contributed by atoms with Crippen molar-refractivity contribution in [2.24, 2.45) is 5.92 Å². The molecule has 0 N–H and O–H groups in total. The van der Waals surface area contributed by atoms with Crippen LogP contribution in [0.4, 0.5) is 0 Å². The molecule has 11 heteroatoms. The highest BCUT2D eigenvalue weighted by atomic mass is 32.2. The second-order valence-electron chi connectivity index (χ2n) is 11.3. The van der Waals surface area contributed by atoms with Crippen LogP contribution in [0.5, 0.6) is 0 Å². The summed E-state index contributed by atoms with van der Waals surface area (Å²) in [5.74, 6) is -1.42. The molecule has 1 aliphatic heterocycles. The molecule has 0 bridgehead atoms. The minimum Gasteiger partial charge on any atom is -0.539 e. The van der Waals surface area contributed by atoms with Gasteiger partial charge in [-0.15, -0.1) is 0 Å². The average Bonchev–Trinajstić information content (AvgIpc) is 3.13. The maximum absolute atomic E-state index is 13.1. The molecular weight excluding hydrogens is 490 g/mol. The van der Waals surface area contributed by atoms with Crippen molar-refractivity contribution in [1.82, 2.24) is 4.31 Å². The van der Waals surface area contributed by atoms with E-state index >= 15 is 0 Å². The highest BCUT2D eigenvalue weighted by Gasteiger charge is 2.41. The second kappa shape index (κ2) is 11.4. The van der Waals surface area contributed by atoms with Crippen molar-refractivity contribution in [3.63, 3.8) is 0 Å². The molecular formula is C23H43NO7SSi2. The first-order valence-electron chi connectivity index (χ1n) is 11.7. The number of hydrogen-bond donors (Lipinski definition) is 0. The lowest BCUT2D eigenvalue weighted by Crippen LogP contribution is -2.41. The van der Waals surface area contributed by atoms with E-state index in [4.69, 9.17) is 13.9 Å². The topological polar surface area (TPSA) is 99.2 Å². The summed E-state index contributed by atoms with van der Waals surface area (Å²) < 4.78 is 43.6. The average molecular weight is 534 g/mol. The van der Waals surface area contributed by atoms with Crippen LogP contribution in [0.1, 0.15) is 34.1 Å². The van der Waals surface area contributed by atoms with Crippen molar-refractivity contribution in [1.29, 1.82) is 0 Å². The number of methoxy groups -OCH3 is 1. The first kappa shape index (κ1) is 30.4. The Hall–Kier alpha value is -1.60. The molecule has 0 radical (unpaired) electrons. The molecule has 0 amide bonds. The van der Waals surface area contributed by atoms with E-state index in [0.717, 1.165) is 0 Å². The van der Waals surface area contributed by atoms with Gasteiger partial charge in [0.1, 0.15) is 5.70 Å². The van der Waals surface area contributed by atoms with Gasteiger partial charge in [-0.1, -0.05) is 40.4 Å². The fourth-order valence-corrected chi connectivity index (χ4v) is 8.53. The lowest BCUT2D eigenvalue weighted by molar-refractivity contribution is -0.140. The zero-order valence-corrected chi connectivity index (χ0v) is 25.3. The zero-order chi connectivity index (χ0) is 26.5. The summed E-state index contributed by atoms with van der Waals surface area (Å²) in [4.78, 5) is 24.9. The Kier molecular flexibility index (Phi) is 10.2. The lowest BCUT2D eigenvalue weighted by Gasteiger charge is -2.36. The number of rotatable bonds is 11. The summed E-state index contributed by atoms with van der Waals surface area (Å²) in [5, 5.41) is -0.119. The molecule has 0 aromatic carbocycles. The monoisotopic (exact) mass is 533 g/mol. The number of ether oxygens (including phenoxy) is 2. The van der Waals surface area contributed by atoms with Crippen molar-refractivity contribution in [2.45, 2.75) is 77.9 Å². The van der Waals surface area contributed by atoms with E-state index in [1.807, 2.05) is 13.1 Å². The van der Waals surface area contributed by atoms with Crippen LogP contribution >= 0.6 is 0 Å². The molecule has 8 nitrogen and oxygen atoms in total. The molecule has 0 aliphatic carbocycles. The first-order chi connectivity index (χ1) is 15.3. The van der Waals surface area contributed by atoms with Crippen LogP contribution in [0, 0.1) is 5.92 Å². The largest absolute Gasteiger partial charge is 0.539 e. The Morgan fingerprint density at radius 1 is 1.18 bits per heavy atom. The molecule has 0 aromatic rings. The number of carbonyl (C=O) groups excluding carboxylic acids is 2. The molecule has 34 heavy (non-hydrogen) atoms. The minimum absolute atomic E-state index is 0.01000. The van der Waals surface area contributed by atoms with Gasteiger partial charge in [0.2, 0.25) is 10.0 Å². The van der Waals surface area contributed by atoms with Gasteiger partial charge in [-0.05, 0) is 49.7 Å². The fraction of sp³-hybridized carbons (Fsp3) is 0.739. The number of sulfonamides is 1. The Bertz CT molecular complexity index is 913. The van der Waals surface area contributed by atoms with Gasteiger partial charge in [-0.25, -0.2) is 18.0 Å². The smallest absolute Gasteiger partial charge is 0.371 e. The van der Waals surface area contributed by atoms with Crippen molar-refractivity contribution in [3.05, 3.63) is 23.6 Å². The molecule has 1 unspecified atom stereocenters. The summed E-state index contributed by atoms with van der Waals surface area (Å²) in [6.45, 7) is 18.6. The number of hydrogen-bond acceptors (Lipinski definition) is 7. The third-order valence-electron chi connectivity index (χ3n) is 6.16. The van der Waals surface area contributed by atoms with E-state index in [9.17, 15) is 18.0 Å². The van der Waals surface area contributed by atoms with Crippen molar-refractivity contribution in [2.75, 3.05) is 26.0 Å². The van der Waals surface area contributed by atoms with Crippen LogP contribution in [-0.2, 0) is 33.5 Å². The molecule has 1 rings (SSSR count). The molecule has 0 spiro atoms. The third-order valence-corrected chi connectivity index (χ3v) is 14.3. The van der Waals surface area contributed by atoms with E-state index in [0.29, 0.717) is 12.5 Å². The SMILES string of the molecule is CCOC(=O)C1=CC(C/C=C(/O[Si](C)(C)C(C)(C)C)C(=O)OC)CN1S(=O)(=O)CC[Si](C)(C)C. The number of carbonyl (C=O) groups is 2. The molecule has 1 atom stereocenters. The molecule has 1 aliphatic rings. The Balaban J connectivity index is 3.21. The Morgan fingerprint density at radius 2 is 1.76 bits per heavy atom. The van der Waals surface area contributed by atoms with Crippen LogP contribution in [0.3, 0.4) is 0 Å². The third kappa shape index (κ3) is 8.56. The van der Waals surface area contributed by atoms with Crippen molar-refractivity contribution < 1.29 is 31.9 Å². The van der Waals surface area contributed by atoms with Crippen LogP contribution in [-0.4, -0.2) is 67.1 Å². The number of allylic oxidation sites excluding steroid dienone is 1. The van der Waals surface area contributed by atoms with Gasteiger partial charge in [0.25, 0.3) is 8.32 Å². The molecule has 1 heterocycles. The van der Waals surface area contributed by atoms with E-state index < -0.39 is 38.4 Å². The normalized spacial score (nSPS) is 17.9. The van der Waals surface area contributed by atoms with Crippen LogP contribution in [0.2, 0.25) is 43.8 Å². The summed E-state index contributed by atoms with van der Waals surface area (Å²) in [6, 6.07) is 0.597. The van der Waals surface area contributed by atoms with Crippen molar-refractivity contribution in [3.8, 4) is 0 Å². The number of nitrogens with zero attached hydrogens (tertiary/aromatic N) is 1. The van der Waals surface area contributed by atoms with E-state index in [2.05, 4.69) is 40.4 Å². The molecule has 0 saturated carbocycles. The Labute approximate surface area is 207 Å². The maximum atomic E-state index is 13.1. The van der Waals surface area contributed by atoms with Gasteiger partial charge in [0.05, 0.1) is 19.5 Å². The fourth-order valence-electron chi connectivity index (χ4n) is 2.95. The van der Waals surface area contributed by atoms with Gasteiger partial charge < -0.3 is 13.9 Å². The van der Waals surface area contributed by atoms with E-state index in [1.54, 1.807) is 19.1 Å². The molecule has 0 fully saturated rings. The van der Waals surface area contributed by atoms with Gasteiger partial charge >= 0.3 is 11.9 Å². The highest BCUT2D eigenvalue weighted by Crippen LogP contribution is 2.38. The summed E-state index contributed by atoms with van der Waals surface area (Å²) in [5.41, 5.74) is 0.0424. The van der Waals surface area contributed by atoms with E-state index in [1.165, 1.54) is 11.4 Å². The van der Waals surface area contributed by atoms with Crippen LogP contribution in [0.15, 0.2) is 23.6 Å². The quantitative estimate of drug-likeness (QED) is 0.167. The van der Waals surface area contributed by atoms with Gasteiger partial charge in [-0.3, -0.25) is 4.31 Å². The van der Waals surface area contributed by atoms with Crippen molar-refractivity contribution >= 4 is 38.4 Å². The molecule has 0 aromatic heterocycles. The Morgan fingerprint density at radius 3 is 2.24 bits per heavy atom. The second-order valence-corrected chi connectivity index (χ2v) is 23.7. The molecule has 196 valence electrons. The van der Waals surface area contributed by atoms with Crippen LogP contribution < -0.4 is 0 Å². The number of esters is 2. The predicted molar refractivity (Wildman–Crippen MR) is 140 cm³/mol. The maximum Gasteiger partial charge on any atom is 0.371 e. The highest BCUT2D eigenvalue weighted by molar-refractivity contribution is 7.89. The van der Waals surface area contributed by atoms with Gasteiger partial charge in [0.15, 0.2) is 5.76 Å². The predicted octanol–water partition coefficient (Wildman–Crippen LogP) is 4.50. The summed E-state index contributed by atoms with van der Waals surface area (Å²) >= 11 is 0. The minimum atomic E-state index is -3.68. The lowest BCUT2D eigenvalue weighted by atomic mass is 10.1. The standard InChI is InChI=1S/C23H43NO7SSi2/c1-11-30-21(25)19-16-18(17-24(19)32(27,28)14-15-33(6,7)8)12-13-20(22(26)29-5)31-34(9,10)23(2,3)4/h13,16,18H,11-12,14-15,17H2,1-10H3/b20-13+. The molecule has 0 saturated heterocycles. The zero-order valence-electron chi connectivity index (χ0n) is 22.5. The van der Waals surface area contributed by atoms with Gasteiger partial charge in [0, 0.05) is 20.5 Å². The summed E-state index contributed by atoms with van der Waals surface area (Å²) in [6.07, 6.45) is 3.60. The first-order valence-corrected chi connectivity index (χ1v) is 19.9.